The zero-order valence-electron chi connectivity index (χ0n) is 12.1. The molecule has 0 aromatic rings. The van der Waals surface area contributed by atoms with E-state index in [1.807, 2.05) is 7.05 Å². The molecule has 0 spiro atoms. The lowest BCUT2D eigenvalue weighted by Gasteiger charge is -2.24. The summed E-state index contributed by atoms with van der Waals surface area (Å²) >= 11 is 0. The van der Waals surface area contributed by atoms with E-state index in [0.717, 1.165) is 24.8 Å². The zero-order chi connectivity index (χ0) is 13.9. The van der Waals surface area contributed by atoms with Gasteiger partial charge >= 0.3 is 0 Å². The van der Waals surface area contributed by atoms with Crippen molar-refractivity contribution < 1.29 is 8.42 Å². The molecular weight excluding hydrogens is 262 g/mol. The number of hydrogen-bond acceptors (Lipinski definition) is 3. The molecule has 0 amide bonds. The Labute approximate surface area is 117 Å². The SMILES string of the molecule is CNCCCN(C)S(=O)(=O)NCC1CC2CCC1C2. The van der Waals surface area contributed by atoms with E-state index in [0.29, 0.717) is 19.0 Å². The average Bonchev–Trinajstić information content (AvgIpc) is 2.98. The molecule has 2 bridgehead atoms. The summed E-state index contributed by atoms with van der Waals surface area (Å²) in [5.74, 6) is 2.20. The van der Waals surface area contributed by atoms with Crippen LogP contribution < -0.4 is 10.0 Å². The summed E-state index contributed by atoms with van der Waals surface area (Å²) in [5, 5.41) is 3.03. The van der Waals surface area contributed by atoms with E-state index < -0.39 is 10.2 Å². The van der Waals surface area contributed by atoms with Crippen molar-refractivity contribution >= 4 is 10.2 Å². The standard InChI is InChI=1S/C13H27N3O2S/c1-14-6-3-7-16(2)19(17,18)15-10-13-9-11-4-5-12(13)8-11/h11-15H,3-10H2,1-2H3. The van der Waals surface area contributed by atoms with Crippen molar-refractivity contribution in [2.75, 3.05) is 33.7 Å². The second-order valence-corrected chi connectivity index (χ2v) is 7.93. The van der Waals surface area contributed by atoms with Gasteiger partial charge < -0.3 is 5.32 Å². The van der Waals surface area contributed by atoms with Crippen molar-refractivity contribution in [1.82, 2.24) is 14.3 Å². The number of fused-ring (bicyclic) bond motifs is 2. The number of nitrogens with one attached hydrogen (secondary N) is 2. The lowest BCUT2D eigenvalue weighted by Crippen LogP contribution is -2.41. The molecule has 0 aromatic heterocycles. The molecule has 0 radical (unpaired) electrons. The van der Waals surface area contributed by atoms with Gasteiger partial charge in [-0.3, -0.25) is 0 Å². The largest absolute Gasteiger partial charge is 0.320 e. The molecule has 112 valence electrons. The first-order chi connectivity index (χ1) is 9.03. The molecule has 2 fully saturated rings. The molecule has 3 atom stereocenters. The van der Waals surface area contributed by atoms with E-state index >= 15 is 0 Å². The molecule has 0 heterocycles. The number of nitrogens with zero attached hydrogens (tertiary/aromatic N) is 1. The van der Waals surface area contributed by atoms with E-state index in [9.17, 15) is 8.42 Å². The van der Waals surface area contributed by atoms with E-state index in [-0.39, 0.29) is 0 Å². The third kappa shape index (κ3) is 3.90. The quantitative estimate of drug-likeness (QED) is 0.650. The average molecular weight is 289 g/mol. The second-order valence-electron chi connectivity index (χ2n) is 6.07. The molecule has 19 heavy (non-hydrogen) atoms. The Morgan fingerprint density at radius 1 is 1.26 bits per heavy atom. The number of hydrogen-bond donors (Lipinski definition) is 2. The van der Waals surface area contributed by atoms with E-state index in [1.165, 1.54) is 30.0 Å². The fourth-order valence-electron chi connectivity index (χ4n) is 3.55. The summed E-state index contributed by atoms with van der Waals surface area (Å²) in [6.45, 7) is 2.03. The van der Waals surface area contributed by atoms with Crippen molar-refractivity contribution in [3.8, 4) is 0 Å². The Bertz CT molecular complexity index is 385. The van der Waals surface area contributed by atoms with Crippen LogP contribution in [-0.2, 0) is 10.2 Å². The highest BCUT2D eigenvalue weighted by Gasteiger charge is 2.39. The molecular formula is C13H27N3O2S. The first kappa shape index (κ1) is 15.2. The van der Waals surface area contributed by atoms with Crippen LogP contribution in [0, 0.1) is 17.8 Å². The molecule has 2 rings (SSSR count). The summed E-state index contributed by atoms with van der Waals surface area (Å²) in [4.78, 5) is 0. The van der Waals surface area contributed by atoms with Crippen LogP contribution in [0.4, 0.5) is 0 Å². The predicted molar refractivity (Wildman–Crippen MR) is 77.0 cm³/mol. The maximum atomic E-state index is 12.1. The minimum Gasteiger partial charge on any atom is -0.320 e. The van der Waals surface area contributed by atoms with Gasteiger partial charge in [0.05, 0.1) is 0 Å². The van der Waals surface area contributed by atoms with Crippen LogP contribution in [0.5, 0.6) is 0 Å². The van der Waals surface area contributed by atoms with Crippen molar-refractivity contribution in [2.45, 2.75) is 32.1 Å². The Morgan fingerprint density at radius 2 is 2.05 bits per heavy atom. The minimum absolute atomic E-state index is 0.562. The third-order valence-electron chi connectivity index (χ3n) is 4.72. The highest BCUT2D eigenvalue weighted by Crippen LogP contribution is 2.47. The molecule has 0 aromatic carbocycles. The van der Waals surface area contributed by atoms with Crippen molar-refractivity contribution in [3.05, 3.63) is 0 Å². The zero-order valence-corrected chi connectivity index (χ0v) is 12.9. The summed E-state index contributed by atoms with van der Waals surface area (Å²) in [6.07, 6.45) is 6.04. The van der Waals surface area contributed by atoms with Crippen molar-refractivity contribution in [2.24, 2.45) is 17.8 Å². The molecule has 6 heteroatoms. The highest BCUT2D eigenvalue weighted by molar-refractivity contribution is 7.87. The monoisotopic (exact) mass is 289 g/mol. The fraction of sp³-hybridized carbons (Fsp3) is 1.00. The van der Waals surface area contributed by atoms with Crippen LogP contribution in [0.25, 0.3) is 0 Å². The summed E-state index contributed by atoms with van der Waals surface area (Å²) < 4.78 is 28.4. The Morgan fingerprint density at radius 3 is 2.63 bits per heavy atom. The minimum atomic E-state index is -3.29. The van der Waals surface area contributed by atoms with Crippen LogP contribution in [0.3, 0.4) is 0 Å². The maximum Gasteiger partial charge on any atom is 0.279 e. The molecule has 2 saturated carbocycles. The van der Waals surface area contributed by atoms with Gasteiger partial charge in [-0.05, 0) is 57.0 Å². The molecule has 0 aliphatic heterocycles. The van der Waals surface area contributed by atoms with Crippen molar-refractivity contribution in [1.29, 1.82) is 0 Å². The van der Waals surface area contributed by atoms with Gasteiger partial charge in [-0.1, -0.05) is 6.42 Å². The molecule has 0 saturated heterocycles. The van der Waals surface area contributed by atoms with Crippen LogP contribution in [-0.4, -0.2) is 46.5 Å². The predicted octanol–water partition coefficient (Wildman–Crippen LogP) is 0.798. The molecule has 2 aliphatic carbocycles. The van der Waals surface area contributed by atoms with Crippen molar-refractivity contribution in [3.63, 3.8) is 0 Å². The number of rotatable bonds is 8. The van der Waals surface area contributed by atoms with Crippen LogP contribution >= 0.6 is 0 Å². The fourth-order valence-corrected chi connectivity index (χ4v) is 4.56. The highest BCUT2D eigenvalue weighted by atomic mass is 32.2. The molecule has 2 N–H and O–H groups in total. The normalized spacial score (nSPS) is 30.4. The van der Waals surface area contributed by atoms with Gasteiger partial charge in [0.25, 0.3) is 10.2 Å². The Balaban J connectivity index is 1.74. The lowest BCUT2D eigenvalue weighted by atomic mass is 9.89. The summed E-state index contributed by atoms with van der Waals surface area (Å²) in [5.41, 5.74) is 0. The van der Waals surface area contributed by atoms with E-state index in [2.05, 4.69) is 10.0 Å². The first-order valence-electron chi connectivity index (χ1n) is 7.38. The van der Waals surface area contributed by atoms with Gasteiger partial charge in [-0.2, -0.15) is 12.7 Å². The lowest BCUT2D eigenvalue weighted by molar-refractivity contribution is 0.329. The van der Waals surface area contributed by atoms with Gasteiger partial charge in [0, 0.05) is 20.1 Å². The van der Waals surface area contributed by atoms with Crippen LogP contribution in [0.1, 0.15) is 32.1 Å². The van der Waals surface area contributed by atoms with Gasteiger partial charge in [-0.25, -0.2) is 4.72 Å². The van der Waals surface area contributed by atoms with Gasteiger partial charge in [0.1, 0.15) is 0 Å². The second kappa shape index (κ2) is 6.52. The smallest absolute Gasteiger partial charge is 0.279 e. The van der Waals surface area contributed by atoms with Gasteiger partial charge in [0.15, 0.2) is 0 Å². The third-order valence-corrected chi connectivity index (χ3v) is 6.26. The summed E-state index contributed by atoms with van der Waals surface area (Å²) in [6, 6.07) is 0. The van der Waals surface area contributed by atoms with Gasteiger partial charge in [-0.15, -0.1) is 0 Å². The van der Waals surface area contributed by atoms with Crippen LogP contribution in [0.2, 0.25) is 0 Å². The van der Waals surface area contributed by atoms with Gasteiger partial charge in [0.2, 0.25) is 0 Å². The van der Waals surface area contributed by atoms with Crippen LogP contribution in [0.15, 0.2) is 0 Å². The van der Waals surface area contributed by atoms with E-state index in [1.54, 1.807) is 7.05 Å². The summed E-state index contributed by atoms with van der Waals surface area (Å²) in [7, 11) is 0.239. The van der Waals surface area contributed by atoms with E-state index in [4.69, 9.17) is 0 Å². The first-order valence-corrected chi connectivity index (χ1v) is 8.82. The maximum absolute atomic E-state index is 12.1. The molecule has 3 unspecified atom stereocenters. The molecule has 2 aliphatic rings. The Hall–Kier alpha value is -0.170. The Kier molecular flexibility index (Phi) is 5.22. The topological polar surface area (TPSA) is 61.4 Å². The molecule has 5 nitrogen and oxygen atoms in total.